The van der Waals surface area contributed by atoms with Gasteiger partial charge in [-0.1, -0.05) is 35.9 Å². The lowest BCUT2D eigenvalue weighted by molar-refractivity contribution is -0.119. The molecule has 3 rings (SSSR count). The van der Waals surface area contributed by atoms with Crippen LogP contribution in [0.25, 0.3) is 0 Å². The molecule has 0 bridgehead atoms. The third-order valence-electron chi connectivity index (χ3n) is 4.44. The van der Waals surface area contributed by atoms with E-state index in [1.54, 1.807) is 42.5 Å². The van der Waals surface area contributed by atoms with Crippen molar-refractivity contribution in [3.8, 4) is 5.75 Å². The van der Waals surface area contributed by atoms with Crippen LogP contribution >= 0.6 is 11.6 Å². The summed E-state index contributed by atoms with van der Waals surface area (Å²) in [6, 6.07) is 18.2. The third kappa shape index (κ3) is 6.09. The Balaban J connectivity index is 1.85. The quantitative estimate of drug-likeness (QED) is 0.360. The topological polar surface area (TPSA) is 88.1 Å². The largest absolute Gasteiger partial charge is 0.494 e. The molecule has 1 amide bonds. The van der Waals surface area contributed by atoms with Crippen molar-refractivity contribution in [3.05, 3.63) is 89.2 Å². The first kappa shape index (κ1) is 24.2. The summed E-state index contributed by atoms with van der Waals surface area (Å²) in [5.74, 6) is -0.774. The molecule has 0 aliphatic carbocycles. The average Bonchev–Trinajstić information content (AvgIpc) is 2.81. The average molecular weight is 490 g/mol. The van der Waals surface area contributed by atoms with Gasteiger partial charge < -0.3 is 4.74 Å². The second kappa shape index (κ2) is 10.9. The highest BCUT2D eigenvalue weighted by Crippen LogP contribution is 2.25. The molecule has 0 heterocycles. The van der Waals surface area contributed by atoms with Gasteiger partial charge in [-0.05, 0) is 55.5 Å². The molecule has 0 spiro atoms. The summed E-state index contributed by atoms with van der Waals surface area (Å²) >= 11 is 5.93. The van der Waals surface area contributed by atoms with Gasteiger partial charge in [0.2, 0.25) is 0 Å². The van der Waals surface area contributed by atoms with Crippen LogP contribution in [0.4, 0.5) is 10.1 Å². The molecule has 0 saturated heterocycles. The van der Waals surface area contributed by atoms with Gasteiger partial charge in [-0.2, -0.15) is 5.10 Å². The van der Waals surface area contributed by atoms with Crippen molar-refractivity contribution in [2.75, 3.05) is 17.5 Å². The second-order valence-corrected chi connectivity index (χ2v) is 8.95. The fraction of sp³-hybridized carbons (Fsp3) is 0.130. The van der Waals surface area contributed by atoms with Crippen molar-refractivity contribution in [1.29, 1.82) is 0 Å². The van der Waals surface area contributed by atoms with Crippen LogP contribution in [0, 0.1) is 5.82 Å². The molecule has 33 heavy (non-hydrogen) atoms. The maximum Gasteiger partial charge on any atom is 0.264 e. The number of hydrogen-bond donors (Lipinski definition) is 1. The van der Waals surface area contributed by atoms with E-state index in [1.165, 1.54) is 30.3 Å². The minimum Gasteiger partial charge on any atom is -0.494 e. The number of nitrogens with one attached hydrogen (secondary N) is 1. The Kier molecular flexibility index (Phi) is 8.02. The first-order valence-electron chi connectivity index (χ1n) is 9.89. The van der Waals surface area contributed by atoms with Crippen LogP contribution < -0.4 is 14.5 Å². The number of amides is 1. The molecule has 3 aromatic carbocycles. The smallest absolute Gasteiger partial charge is 0.264 e. The van der Waals surface area contributed by atoms with Crippen LogP contribution in [0.2, 0.25) is 5.02 Å². The standard InChI is InChI=1S/C23H21ClFN3O4S/c1-2-32-18-13-11-17(12-14-18)28(33(30,31)19-7-4-3-5-8-19)16-23(29)27-26-15-20-21(24)9-6-10-22(20)25/h3-15H,2,16H2,1H3,(H,27,29)/b26-15-. The normalized spacial score (nSPS) is 11.4. The van der Waals surface area contributed by atoms with Crippen LogP contribution in [-0.2, 0) is 14.8 Å². The van der Waals surface area contributed by atoms with Crippen molar-refractivity contribution in [3.63, 3.8) is 0 Å². The number of sulfonamides is 1. The minimum absolute atomic E-state index is 0.000238. The fourth-order valence-corrected chi connectivity index (χ4v) is 4.53. The molecule has 1 N–H and O–H groups in total. The molecule has 0 radical (unpaired) electrons. The maximum absolute atomic E-state index is 13.9. The lowest BCUT2D eigenvalue weighted by Gasteiger charge is -2.24. The molecule has 0 saturated carbocycles. The lowest BCUT2D eigenvalue weighted by atomic mass is 10.2. The van der Waals surface area contributed by atoms with Crippen molar-refractivity contribution in [1.82, 2.24) is 5.43 Å². The van der Waals surface area contributed by atoms with Gasteiger partial charge in [0.05, 0.1) is 28.4 Å². The number of ether oxygens (including phenoxy) is 1. The fourth-order valence-electron chi connectivity index (χ4n) is 2.88. The van der Waals surface area contributed by atoms with Crippen molar-refractivity contribution >= 4 is 39.4 Å². The number of carbonyl (C=O) groups excluding carboxylic acids is 1. The summed E-state index contributed by atoms with van der Waals surface area (Å²) in [6.07, 6.45) is 1.06. The first-order chi connectivity index (χ1) is 15.8. The Labute approximate surface area is 196 Å². The van der Waals surface area contributed by atoms with Gasteiger partial charge in [-0.25, -0.2) is 18.2 Å². The molecule has 7 nitrogen and oxygen atoms in total. The molecule has 0 fully saturated rings. The number of halogens is 2. The highest BCUT2D eigenvalue weighted by Gasteiger charge is 2.27. The van der Waals surface area contributed by atoms with E-state index in [0.717, 1.165) is 10.5 Å². The van der Waals surface area contributed by atoms with E-state index in [4.69, 9.17) is 16.3 Å². The summed E-state index contributed by atoms with van der Waals surface area (Å²) in [5.41, 5.74) is 2.48. The van der Waals surface area contributed by atoms with E-state index in [2.05, 4.69) is 10.5 Å². The predicted molar refractivity (Wildman–Crippen MR) is 126 cm³/mol. The Morgan fingerprint density at radius 2 is 1.79 bits per heavy atom. The Hall–Kier alpha value is -3.43. The van der Waals surface area contributed by atoms with Crippen LogP contribution in [0.3, 0.4) is 0 Å². The molecule has 3 aromatic rings. The summed E-state index contributed by atoms with van der Waals surface area (Å²) in [6.45, 7) is 1.73. The van der Waals surface area contributed by atoms with Crippen LogP contribution in [0.5, 0.6) is 5.75 Å². The molecule has 0 aliphatic rings. The number of carbonyl (C=O) groups is 1. The van der Waals surface area contributed by atoms with Gasteiger partial charge in [-0.3, -0.25) is 9.10 Å². The summed E-state index contributed by atoms with van der Waals surface area (Å²) in [5, 5.41) is 3.83. The molecule has 0 atom stereocenters. The molecule has 0 aliphatic heterocycles. The molecule has 10 heteroatoms. The van der Waals surface area contributed by atoms with E-state index < -0.39 is 28.3 Å². The number of anilines is 1. The zero-order valence-corrected chi connectivity index (χ0v) is 19.2. The van der Waals surface area contributed by atoms with Crippen molar-refractivity contribution in [2.45, 2.75) is 11.8 Å². The van der Waals surface area contributed by atoms with Crippen LogP contribution in [-0.4, -0.2) is 33.7 Å². The number of nitrogens with zero attached hydrogens (tertiary/aromatic N) is 2. The maximum atomic E-state index is 13.9. The molecular formula is C23H21ClFN3O4S. The van der Waals surface area contributed by atoms with E-state index in [9.17, 15) is 17.6 Å². The van der Waals surface area contributed by atoms with E-state index in [-0.39, 0.29) is 21.2 Å². The first-order valence-corrected chi connectivity index (χ1v) is 11.7. The number of hydrogen-bond acceptors (Lipinski definition) is 5. The van der Waals surface area contributed by atoms with Gasteiger partial charge in [0.1, 0.15) is 18.1 Å². The summed E-state index contributed by atoms with van der Waals surface area (Å²) < 4.78 is 46.8. The highest BCUT2D eigenvalue weighted by molar-refractivity contribution is 7.92. The van der Waals surface area contributed by atoms with Gasteiger partial charge in [0, 0.05) is 5.56 Å². The van der Waals surface area contributed by atoms with E-state index in [0.29, 0.717) is 12.4 Å². The van der Waals surface area contributed by atoms with Gasteiger partial charge in [0.15, 0.2) is 0 Å². The number of hydrazone groups is 1. The monoisotopic (exact) mass is 489 g/mol. The predicted octanol–water partition coefficient (Wildman–Crippen LogP) is 4.22. The Morgan fingerprint density at radius 1 is 1.09 bits per heavy atom. The Morgan fingerprint density at radius 3 is 2.42 bits per heavy atom. The van der Waals surface area contributed by atoms with Crippen molar-refractivity contribution in [2.24, 2.45) is 5.10 Å². The van der Waals surface area contributed by atoms with E-state index in [1.807, 2.05) is 6.92 Å². The third-order valence-corrected chi connectivity index (χ3v) is 6.55. The van der Waals surface area contributed by atoms with Gasteiger partial charge in [0.25, 0.3) is 15.9 Å². The van der Waals surface area contributed by atoms with Crippen molar-refractivity contribution < 1.29 is 22.3 Å². The highest BCUT2D eigenvalue weighted by atomic mass is 35.5. The van der Waals surface area contributed by atoms with Gasteiger partial charge >= 0.3 is 0 Å². The molecular weight excluding hydrogens is 469 g/mol. The van der Waals surface area contributed by atoms with Crippen LogP contribution in [0.1, 0.15) is 12.5 Å². The van der Waals surface area contributed by atoms with Crippen LogP contribution in [0.15, 0.2) is 82.8 Å². The zero-order chi connectivity index (χ0) is 23.8. The summed E-state index contributed by atoms with van der Waals surface area (Å²) in [4.78, 5) is 12.6. The second-order valence-electron chi connectivity index (χ2n) is 6.68. The lowest BCUT2D eigenvalue weighted by Crippen LogP contribution is -2.39. The number of benzene rings is 3. The Bertz CT molecular complexity index is 1220. The number of rotatable bonds is 9. The van der Waals surface area contributed by atoms with Gasteiger partial charge in [-0.15, -0.1) is 0 Å². The molecule has 0 unspecified atom stereocenters. The SMILES string of the molecule is CCOc1ccc(N(CC(=O)N/N=C\c2c(F)cccc2Cl)S(=O)(=O)c2ccccc2)cc1. The molecule has 172 valence electrons. The van der Waals surface area contributed by atoms with E-state index >= 15 is 0 Å². The zero-order valence-electron chi connectivity index (χ0n) is 17.6. The molecule has 0 aromatic heterocycles. The minimum atomic E-state index is -4.07. The summed E-state index contributed by atoms with van der Waals surface area (Å²) in [7, 11) is -4.07.